The molecule has 3 aromatic rings. The number of amides is 2. The Morgan fingerprint density at radius 3 is 2.46 bits per heavy atom. The Morgan fingerprint density at radius 2 is 1.69 bits per heavy atom. The van der Waals surface area contributed by atoms with Crippen molar-refractivity contribution >= 4 is 50.7 Å². The lowest BCUT2D eigenvalue weighted by molar-refractivity contribution is -0.122. The molecule has 1 fully saturated rings. The van der Waals surface area contributed by atoms with E-state index in [1.165, 1.54) is 18.2 Å². The molecule has 0 aromatic heterocycles. The van der Waals surface area contributed by atoms with Crippen LogP contribution in [-0.2, 0) is 26.2 Å². The molecule has 180 valence electrons. The molecule has 2 amide bonds. The van der Waals surface area contributed by atoms with Crippen molar-refractivity contribution in [3.8, 4) is 11.5 Å². The highest BCUT2D eigenvalue weighted by Gasteiger charge is 2.47. The van der Waals surface area contributed by atoms with Gasteiger partial charge in [0.1, 0.15) is 10.9 Å². The van der Waals surface area contributed by atoms with Crippen molar-refractivity contribution in [2.24, 2.45) is 0 Å². The molecule has 5 rings (SSSR count). The number of imide groups is 1. The first-order valence-corrected chi connectivity index (χ1v) is 12.7. The van der Waals surface area contributed by atoms with Gasteiger partial charge in [0, 0.05) is 11.6 Å². The van der Waals surface area contributed by atoms with E-state index in [1.807, 2.05) is 0 Å². The Kier molecular flexibility index (Phi) is 6.18. The fourth-order valence-electron chi connectivity index (χ4n) is 4.07. The van der Waals surface area contributed by atoms with Gasteiger partial charge in [0.15, 0.2) is 11.5 Å². The van der Waals surface area contributed by atoms with Crippen molar-refractivity contribution in [2.45, 2.75) is 23.9 Å². The van der Waals surface area contributed by atoms with E-state index >= 15 is 0 Å². The zero-order valence-electron chi connectivity index (χ0n) is 18.1. The molecule has 2 heterocycles. The van der Waals surface area contributed by atoms with E-state index in [0.29, 0.717) is 22.7 Å². The van der Waals surface area contributed by atoms with Crippen LogP contribution in [0.4, 0.5) is 5.69 Å². The van der Waals surface area contributed by atoms with Crippen LogP contribution in [0.5, 0.6) is 11.5 Å². The number of rotatable bonds is 6. The van der Waals surface area contributed by atoms with Gasteiger partial charge in [-0.2, -0.15) is 4.31 Å². The van der Waals surface area contributed by atoms with E-state index in [-0.39, 0.29) is 34.7 Å². The maximum Gasteiger partial charge on any atom is 0.252 e. The Hall–Kier alpha value is -3.11. The van der Waals surface area contributed by atoms with Crippen LogP contribution in [0.1, 0.15) is 12.0 Å². The van der Waals surface area contributed by atoms with Gasteiger partial charge in [0.2, 0.25) is 22.7 Å². The summed E-state index contributed by atoms with van der Waals surface area (Å²) in [6, 6.07) is 16.1. The average Bonchev–Trinajstić information content (AvgIpc) is 3.42. The van der Waals surface area contributed by atoms with E-state index in [1.54, 1.807) is 48.5 Å². The van der Waals surface area contributed by atoms with Gasteiger partial charge in [-0.25, -0.2) is 13.3 Å². The van der Waals surface area contributed by atoms with E-state index < -0.39 is 27.9 Å². The Balaban J connectivity index is 1.58. The third kappa shape index (κ3) is 4.36. The number of fused-ring (bicyclic) bond motifs is 1. The van der Waals surface area contributed by atoms with Crippen molar-refractivity contribution in [1.29, 1.82) is 0 Å². The minimum absolute atomic E-state index is 0.0539. The molecule has 2 aliphatic rings. The SMILES string of the molecule is O=C1CC(N(Cc2ccc3c(c2)OCO3)S(=O)(=O)c2cc(Cl)ccc2Cl)C(=O)N1c1ccccc1. The molecule has 8 nitrogen and oxygen atoms in total. The zero-order valence-corrected chi connectivity index (χ0v) is 20.4. The highest BCUT2D eigenvalue weighted by molar-refractivity contribution is 7.89. The molecular formula is C24H18Cl2N2O6S. The fraction of sp³-hybridized carbons (Fsp3) is 0.167. The van der Waals surface area contributed by atoms with Crippen LogP contribution in [0, 0.1) is 0 Å². The number of ether oxygens (including phenoxy) is 2. The number of sulfonamides is 1. The molecule has 0 N–H and O–H groups in total. The molecule has 1 unspecified atom stereocenters. The average molecular weight is 533 g/mol. The summed E-state index contributed by atoms with van der Waals surface area (Å²) in [5, 5.41) is 0.109. The Morgan fingerprint density at radius 1 is 0.943 bits per heavy atom. The molecule has 3 aromatic carbocycles. The van der Waals surface area contributed by atoms with Gasteiger partial charge < -0.3 is 9.47 Å². The first-order chi connectivity index (χ1) is 16.8. The smallest absolute Gasteiger partial charge is 0.252 e. The summed E-state index contributed by atoms with van der Waals surface area (Å²) in [4.78, 5) is 27.1. The first kappa shape index (κ1) is 23.6. The van der Waals surface area contributed by atoms with Crippen LogP contribution in [0.15, 0.2) is 71.6 Å². The van der Waals surface area contributed by atoms with Crippen molar-refractivity contribution < 1.29 is 27.5 Å². The normalized spacial score (nSPS) is 17.5. The summed E-state index contributed by atoms with van der Waals surface area (Å²) in [6.45, 7) is -0.158. The summed E-state index contributed by atoms with van der Waals surface area (Å²) >= 11 is 12.3. The molecule has 0 aliphatic carbocycles. The van der Waals surface area contributed by atoms with Gasteiger partial charge in [-0.1, -0.05) is 47.5 Å². The highest BCUT2D eigenvalue weighted by Crippen LogP contribution is 2.36. The van der Waals surface area contributed by atoms with Gasteiger partial charge >= 0.3 is 0 Å². The number of para-hydroxylation sites is 1. The second-order valence-corrected chi connectivity index (χ2v) is 10.6. The molecule has 0 spiro atoms. The third-order valence-electron chi connectivity index (χ3n) is 5.74. The molecule has 35 heavy (non-hydrogen) atoms. The summed E-state index contributed by atoms with van der Waals surface area (Å²) < 4.78 is 39.5. The predicted molar refractivity (Wildman–Crippen MR) is 129 cm³/mol. The summed E-state index contributed by atoms with van der Waals surface area (Å²) in [7, 11) is -4.37. The van der Waals surface area contributed by atoms with E-state index in [0.717, 1.165) is 9.21 Å². The number of nitrogens with zero attached hydrogens (tertiary/aromatic N) is 2. The maximum atomic E-state index is 13.9. The lowest BCUT2D eigenvalue weighted by Gasteiger charge is -2.27. The largest absolute Gasteiger partial charge is 0.454 e. The molecule has 2 aliphatic heterocycles. The number of hydrogen-bond acceptors (Lipinski definition) is 6. The first-order valence-electron chi connectivity index (χ1n) is 10.5. The van der Waals surface area contributed by atoms with Crippen molar-refractivity contribution in [3.05, 3.63) is 82.3 Å². The molecule has 1 saturated heterocycles. The van der Waals surface area contributed by atoms with Gasteiger partial charge in [-0.15, -0.1) is 0 Å². The summed E-state index contributed by atoms with van der Waals surface area (Å²) in [5.41, 5.74) is 0.903. The summed E-state index contributed by atoms with van der Waals surface area (Å²) in [5.74, 6) is -0.165. The van der Waals surface area contributed by atoms with Gasteiger partial charge in [-0.05, 0) is 48.0 Å². The van der Waals surface area contributed by atoms with Crippen LogP contribution in [0.3, 0.4) is 0 Å². The number of halogens is 2. The number of carbonyl (C=O) groups is 2. The van der Waals surface area contributed by atoms with Crippen LogP contribution in [0.25, 0.3) is 0 Å². The number of benzene rings is 3. The number of anilines is 1. The van der Waals surface area contributed by atoms with E-state index in [9.17, 15) is 18.0 Å². The number of carbonyl (C=O) groups excluding carboxylic acids is 2. The Bertz CT molecular complexity index is 1430. The lowest BCUT2D eigenvalue weighted by atomic mass is 10.1. The fourth-order valence-corrected chi connectivity index (χ4v) is 6.38. The standard InChI is InChI=1S/C24H18Cl2N2O6S/c25-16-7-8-18(26)22(11-16)35(31,32)27(13-15-6-9-20-21(10-15)34-14-33-20)19-12-23(29)28(24(19)30)17-4-2-1-3-5-17/h1-11,19H,12-14H2. The molecule has 0 bridgehead atoms. The second-order valence-electron chi connectivity index (χ2n) is 7.94. The van der Waals surface area contributed by atoms with Crippen LogP contribution in [0.2, 0.25) is 10.0 Å². The van der Waals surface area contributed by atoms with Crippen molar-refractivity contribution in [1.82, 2.24) is 4.31 Å². The summed E-state index contributed by atoms with van der Waals surface area (Å²) in [6.07, 6.45) is -0.324. The monoisotopic (exact) mass is 532 g/mol. The highest BCUT2D eigenvalue weighted by atomic mass is 35.5. The van der Waals surface area contributed by atoms with Crippen molar-refractivity contribution in [2.75, 3.05) is 11.7 Å². The molecule has 0 radical (unpaired) electrons. The maximum absolute atomic E-state index is 13.9. The Labute approximate surface area is 211 Å². The minimum Gasteiger partial charge on any atom is -0.454 e. The van der Waals surface area contributed by atoms with E-state index in [4.69, 9.17) is 32.7 Å². The van der Waals surface area contributed by atoms with Crippen LogP contribution in [-0.4, -0.2) is 37.4 Å². The van der Waals surface area contributed by atoms with Crippen LogP contribution < -0.4 is 14.4 Å². The topological polar surface area (TPSA) is 93.2 Å². The van der Waals surface area contributed by atoms with E-state index in [2.05, 4.69) is 0 Å². The number of hydrogen-bond donors (Lipinski definition) is 0. The van der Waals surface area contributed by atoms with Gasteiger partial charge in [0.05, 0.1) is 17.1 Å². The quantitative estimate of drug-likeness (QED) is 0.440. The van der Waals surface area contributed by atoms with Crippen molar-refractivity contribution in [3.63, 3.8) is 0 Å². The molecule has 0 saturated carbocycles. The molecule has 11 heteroatoms. The second kappa shape index (κ2) is 9.16. The minimum atomic E-state index is -4.37. The molecule has 1 atom stereocenters. The zero-order chi connectivity index (χ0) is 24.7. The molecular weight excluding hydrogens is 515 g/mol. The predicted octanol–water partition coefficient (Wildman–Crippen LogP) is 4.25. The third-order valence-corrected chi connectivity index (χ3v) is 8.31. The van der Waals surface area contributed by atoms with Gasteiger partial charge in [0.25, 0.3) is 5.91 Å². The lowest BCUT2D eigenvalue weighted by Crippen LogP contribution is -2.45. The van der Waals surface area contributed by atoms with Gasteiger partial charge in [-0.3, -0.25) is 9.59 Å². The van der Waals surface area contributed by atoms with Crippen LogP contribution >= 0.6 is 23.2 Å².